The Morgan fingerprint density at radius 1 is 1.47 bits per heavy atom. The first-order chi connectivity index (χ1) is 7.19. The summed E-state index contributed by atoms with van der Waals surface area (Å²) in [4.78, 5) is 10.2. The molecular formula is C10H17N3O2. The third kappa shape index (κ3) is 3.14. The van der Waals surface area contributed by atoms with Crippen LogP contribution in [0.3, 0.4) is 0 Å². The van der Waals surface area contributed by atoms with Crippen molar-refractivity contribution in [3.8, 4) is 0 Å². The molecule has 0 spiro atoms. The van der Waals surface area contributed by atoms with Crippen molar-refractivity contribution in [1.29, 1.82) is 0 Å². The van der Waals surface area contributed by atoms with Gasteiger partial charge < -0.3 is 14.7 Å². The number of likely N-dealkylation sites (N-methyl/N-ethyl adjacent to an activating group) is 1. The third-order valence-electron chi connectivity index (χ3n) is 2.26. The second kappa shape index (κ2) is 5.63. The summed E-state index contributed by atoms with van der Waals surface area (Å²) >= 11 is 0. The second-order valence-corrected chi connectivity index (χ2v) is 3.46. The van der Waals surface area contributed by atoms with Crippen LogP contribution in [0.15, 0.2) is 12.4 Å². The Labute approximate surface area is 89.7 Å². The van der Waals surface area contributed by atoms with Crippen LogP contribution in [-0.2, 0) is 11.3 Å². The fourth-order valence-electron chi connectivity index (χ4n) is 1.16. The zero-order chi connectivity index (χ0) is 11.3. The van der Waals surface area contributed by atoms with Crippen molar-refractivity contribution in [3.63, 3.8) is 0 Å². The molecular weight excluding hydrogens is 194 g/mol. The van der Waals surface area contributed by atoms with Gasteiger partial charge in [0.25, 0.3) is 0 Å². The molecule has 15 heavy (non-hydrogen) atoms. The zero-order valence-corrected chi connectivity index (χ0v) is 9.34. The lowest BCUT2D eigenvalue weighted by atomic mass is 10.3. The summed E-state index contributed by atoms with van der Waals surface area (Å²) in [5, 5.41) is 8.85. The van der Waals surface area contributed by atoms with Crippen molar-refractivity contribution >= 4 is 5.95 Å². The van der Waals surface area contributed by atoms with E-state index < -0.39 is 0 Å². The molecule has 1 heterocycles. The average molecular weight is 211 g/mol. The number of aliphatic hydroxyl groups excluding tert-OH is 1. The maximum atomic E-state index is 8.85. The highest BCUT2D eigenvalue weighted by Crippen LogP contribution is 2.08. The van der Waals surface area contributed by atoms with E-state index in [0.29, 0.717) is 18.1 Å². The molecule has 84 valence electrons. The van der Waals surface area contributed by atoms with Crippen LogP contribution in [0.25, 0.3) is 0 Å². The van der Waals surface area contributed by atoms with Crippen LogP contribution in [0.1, 0.15) is 12.5 Å². The molecule has 0 fully saturated rings. The van der Waals surface area contributed by atoms with E-state index >= 15 is 0 Å². The summed E-state index contributed by atoms with van der Waals surface area (Å²) in [6.07, 6.45) is 3.25. The minimum absolute atomic E-state index is 0.0301. The first-order valence-corrected chi connectivity index (χ1v) is 4.82. The summed E-state index contributed by atoms with van der Waals surface area (Å²) in [5.74, 6) is 0.636. The Balaban J connectivity index is 2.69. The third-order valence-corrected chi connectivity index (χ3v) is 2.26. The number of hydrogen-bond acceptors (Lipinski definition) is 5. The second-order valence-electron chi connectivity index (χ2n) is 3.46. The van der Waals surface area contributed by atoms with E-state index in [9.17, 15) is 0 Å². The van der Waals surface area contributed by atoms with Gasteiger partial charge >= 0.3 is 0 Å². The molecule has 0 aliphatic rings. The SMILES string of the molecule is COCC(C)N(C)c1ncc(CO)cn1. The highest BCUT2D eigenvalue weighted by molar-refractivity contribution is 5.29. The smallest absolute Gasteiger partial charge is 0.225 e. The van der Waals surface area contributed by atoms with Gasteiger partial charge in [0.1, 0.15) is 0 Å². The monoisotopic (exact) mass is 211 g/mol. The summed E-state index contributed by atoms with van der Waals surface area (Å²) in [5.41, 5.74) is 0.714. The largest absolute Gasteiger partial charge is 0.392 e. The van der Waals surface area contributed by atoms with Gasteiger partial charge in [-0.2, -0.15) is 0 Å². The number of aliphatic hydroxyl groups is 1. The zero-order valence-electron chi connectivity index (χ0n) is 9.34. The summed E-state index contributed by atoms with van der Waals surface area (Å²) in [6, 6.07) is 0.218. The summed E-state index contributed by atoms with van der Waals surface area (Å²) in [6.45, 7) is 2.63. The molecule has 0 saturated carbocycles. The van der Waals surface area contributed by atoms with Crippen LogP contribution >= 0.6 is 0 Å². The quantitative estimate of drug-likeness (QED) is 0.766. The molecule has 0 radical (unpaired) electrons. The number of ether oxygens (including phenoxy) is 1. The maximum Gasteiger partial charge on any atom is 0.225 e. The van der Waals surface area contributed by atoms with Crippen LogP contribution < -0.4 is 4.90 Å². The Morgan fingerprint density at radius 2 is 2.07 bits per heavy atom. The van der Waals surface area contributed by atoms with Gasteiger partial charge in [0.15, 0.2) is 0 Å². The van der Waals surface area contributed by atoms with Crippen LogP contribution in [0.2, 0.25) is 0 Å². The topological polar surface area (TPSA) is 58.5 Å². The molecule has 1 atom stereocenters. The molecule has 0 saturated heterocycles. The first kappa shape index (κ1) is 11.9. The van der Waals surface area contributed by atoms with Gasteiger partial charge in [-0.05, 0) is 6.92 Å². The minimum atomic E-state index is -0.0301. The molecule has 1 rings (SSSR count). The number of methoxy groups -OCH3 is 1. The molecule has 0 amide bonds. The normalized spacial score (nSPS) is 12.5. The lowest BCUT2D eigenvalue weighted by Gasteiger charge is -2.23. The standard InChI is InChI=1S/C10H17N3O2/c1-8(7-15-3)13(2)10-11-4-9(6-14)5-12-10/h4-5,8,14H,6-7H2,1-3H3. The van der Waals surface area contributed by atoms with Gasteiger partial charge in [-0.25, -0.2) is 9.97 Å². The Kier molecular flexibility index (Phi) is 4.45. The molecule has 0 aromatic carbocycles. The van der Waals surface area contributed by atoms with Crippen LogP contribution in [0, 0.1) is 0 Å². The minimum Gasteiger partial charge on any atom is -0.392 e. The molecule has 1 unspecified atom stereocenters. The average Bonchev–Trinajstić information content (AvgIpc) is 2.28. The van der Waals surface area contributed by atoms with E-state index in [1.165, 1.54) is 0 Å². The lowest BCUT2D eigenvalue weighted by Crippen LogP contribution is -2.33. The van der Waals surface area contributed by atoms with Gasteiger partial charge in [-0.15, -0.1) is 0 Å². The number of anilines is 1. The van der Waals surface area contributed by atoms with Crippen molar-refractivity contribution in [1.82, 2.24) is 9.97 Å². The predicted molar refractivity (Wildman–Crippen MR) is 57.7 cm³/mol. The van der Waals surface area contributed by atoms with Crippen molar-refractivity contribution in [3.05, 3.63) is 18.0 Å². The molecule has 5 heteroatoms. The highest BCUT2D eigenvalue weighted by Gasteiger charge is 2.11. The van der Waals surface area contributed by atoms with E-state index in [0.717, 1.165) is 0 Å². The van der Waals surface area contributed by atoms with E-state index in [-0.39, 0.29) is 12.6 Å². The van der Waals surface area contributed by atoms with Gasteiger partial charge in [0.05, 0.1) is 19.3 Å². The van der Waals surface area contributed by atoms with E-state index in [1.807, 2.05) is 18.9 Å². The van der Waals surface area contributed by atoms with E-state index in [4.69, 9.17) is 9.84 Å². The van der Waals surface area contributed by atoms with Crippen molar-refractivity contribution in [2.24, 2.45) is 0 Å². The fourth-order valence-corrected chi connectivity index (χ4v) is 1.16. The molecule has 5 nitrogen and oxygen atoms in total. The molecule has 1 aromatic rings. The number of rotatable bonds is 5. The van der Waals surface area contributed by atoms with Gasteiger partial charge in [0, 0.05) is 32.1 Å². The Morgan fingerprint density at radius 3 is 2.53 bits per heavy atom. The van der Waals surface area contributed by atoms with E-state index in [2.05, 4.69) is 9.97 Å². The summed E-state index contributed by atoms with van der Waals surface area (Å²) < 4.78 is 5.05. The number of nitrogens with zero attached hydrogens (tertiary/aromatic N) is 3. The van der Waals surface area contributed by atoms with Crippen molar-refractivity contribution < 1.29 is 9.84 Å². The van der Waals surface area contributed by atoms with Crippen LogP contribution in [-0.4, -0.2) is 41.9 Å². The number of hydrogen-bond donors (Lipinski definition) is 1. The van der Waals surface area contributed by atoms with Crippen molar-refractivity contribution in [2.45, 2.75) is 19.6 Å². The molecule has 1 aromatic heterocycles. The maximum absolute atomic E-state index is 8.85. The summed E-state index contributed by atoms with van der Waals surface area (Å²) in [7, 11) is 3.58. The van der Waals surface area contributed by atoms with Gasteiger partial charge in [-0.1, -0.05) is 0 Å². The molecule has 0 aliphatic heterocycles. The van der Waals surface area contributed by atoms with Gasteiger partial charge in [0.2, 0.25) is 5.95 Å². The van der Waals surface area contributed by atoms with Crippen LogP contribution in [0.4, 0.5) is 5.95 Å². The predicted octanol–water partition coefficient (Wildman–Crippen LogP) is 0.440. The Bertz CT molecular complexity index is 289. The first-order valence-electron chi connectivity index (χ1n) is 4.82. The fraction of sp³-hybridized carbons (Fsp3) is 0.600. The van der Waals surface area contributed by atoms with Gasteiger partial charge in [-0.3, -0.25) is 0 Å². The van der Waals surface area contributed by atoms with Crippen molar-refractivity contribution in [2.75, 3.05) is 25.7 Å². The van der Waals surface area contributed by atoms with E-state index in [1.54, 1.807) is 19.5 Å². The molecule has 1 N–H and O–H groups in total. The molecule has 0 aliphatic carbocycles. The van der Waals surface area contributed by atoms with Crippen LogP contribution in [0.5, 0.6) is 0 Å². The highest BCUT2D eigenvalue weighted by atomic mass is 16.5. The number of aromatic nitrogens is 2. The Hall–Kier alpha value is -1.20. The lowest BCUT2D eigenvalue weighted by molar-refractivity contribution is 0.183. The molecule has 0 bridgehead atoms.